The summed E-state index contributed by atoms with van der Waals surface area (Å²) in [4.78, 5) is 12.6. The fraction of sp³-hybridized carbons (Fsp3) is 0.389. The number of hydrogen-bond acceptors (Lipinski definition) is 8. The predicted molar refractivity (Wildman–Crippen MR) is 94.5 cm³/mol. The van der Waals surface area contributed by atoms with E-state index in [0.717, 1.165) is 5.56 Å². The molecule has 0 radical (unpaired) electrons. The molecule has 3 aromatic rings. The molecule has 2 saturated heterocycles. The summed E-state index contributed by atoms with van der Waals surface area (Å²) in [5.41, 5.74) is 7.87. The number of aromatic nitrogens is 4. The number of ether oxygens (including phenoxy) is 3. The average molecular weight is 369 g/mol. The summed E-state index contributed by atoms with van der Waals surface area (Å²) in [5, 5.41) is 10.7. The van der Waals surface area contributed by atoms with Gasteiger partial charge in [-0.2, -0.15) is 0 Å². The molecule has 5 rings (SSSR count). The lowest BCUT2D eigenvalue weighted by molar-refractivity contribution is -0.301. The Morgan fingerprint density at radius 1 is 1.07 bits per heavy atom. The van der Waals surface area contributed by atoms with E-state index in [1.807, 2.05) is 30.3 Å². The minimum Gasteiger partial charge on any atom is -0.388 e. The van der Waals surface area contributed by atoms with Gasteiger partial charge in [-0.25, -0.2) is 15.0 Å². The first kappa shape index (κ1) is 16.6. The number of aliphatic hydroxyl groups excluding tert-OH is 1. The van der Waals surface area contributed by atoms with E-state index in [1.54, 1.807) is 10.9 Å². The van der Waals surface area contributed by atoms with Gasteiger partial charge in [0.2, 0.25) is 0 Å². The smallest absolute Gasteiger partial charge is 0.184 e. The highest BCUT2D eigenvalue weighted by Gasteiger charge is 2.46. The zero-order valence-corrected chi connectivity index (χ0v) is 14.4. The Labute approximate surface area is 154 Å². The minimum atomic E-state index is -0.783. The maximum atomic E-state index is 10.7. The van der Waals surface area contributed by atoms with Crippen LogP contribution in [0.25, 0.3) is 11.2 Å². The van der Waals surface area contributed by atoms with Gasteiger partial charge in [-0.15, -0.1) is 0 Å². The van der Waals surface area contributed by atoms with Gasteiger partial charge in [-0.3, -0.25) is 0 Å². The summed E-state index contributed by atoms with van der Waals surface area (Å²) >= 11 is 0. The summed E-state index contributed by atoms with van der Waals surface area (Å²) < 4.78 is 19.6. The van der Waals surface area contributed by atoms with E-state index in [2.05, 4.69) is 15.0 Å². The second-order valence-corrected chi connectivity index (χ2v) is 6.69. The van der Waals surface area contributed by atoms with Gasteiger partial charge in [0.25, 0.3) is 0 Å². The Morgan fingerprint density at radius 2 is 1.93 bits per heavy atom. The Kier molecular flexibility index (Phi) is 4.01. The van der Waals surface area contributed by atoms with Crippen molar-refractivity contribution in [2.24, 2.45) is 0 Å². The van der Waals surface area contributed by atoms with E-state index < -0.39 is 24.5 Å². The molecule has 27 heavy (non-hydrogen) atoms. The standard InChI is InChI=1S/C18H19N5O4/c19-16-13-17(21-8-20-16)23(9-22-13)14-11(24)6-25-12-7-26-18(27-15(12)14)10-4-2-1-3-5-10/h1-5,8-9,11-12,14-15,18,24H,6-7H2,(H2,19,20,21)/t11-,12-,14+,15-,18-/m1/s1. The Bertz CT molecular complexity index is 949. The molecule has 4 heterocycles. The minimum absolute atomic E-state index is 0.175. The Hall–Kier alpha value is -2.59. The topological polar surface area (TPSA) is 118 Å². The maximum Gasteiger partial charge on any atom is 0.184 e. The van der Waals surface area contributed by atoms with Crippen LogP contribution in [-0.2, 0) is 14.2 Å². The average Bonchev–Trinajstić information content (AvgIpc) is 3.13. The van der Waals surface area contributed by atoms with Crippen molar-refractivity contribution in [1.29, 1.82) is 0 Å². The molecule has 0 bridgehead atoms. The van der Waals surface area contributed by atoms with Crippen molar-refractivity contribution in [2.45, 2.75) is 30.6 Å². The van der Waals surface area contributed by atoms with Gasteiger partial charge in [-0.1, -0.05) is 30.3 Å². The molecule has 2 aliphatic rings. The Balaban J connectivity index is 1.52. The number of nitrogens with zero attached hydrogens (tertiary/aromatic N) is 4. The molecule has 2 aromatic heterocycles. The van der Waals surface area contributed by atoms with Crippen LogP contribution in [0.4, 0.5) is 5.82 Å². The highest BCUT2D eigenvalue weighted by molar-refractivity contribution is 5.81. The van der Waals surface area contributed by atoms with Crippen molar-refractivity contribution in [1.82, 2.24) is 19.5 Å². The lowest BCUT2D eigenvalue weighted by atomic mass is 9.96. The third-order valence-electron chi connectivity index (χ3n) is 5.05. The largest absolute Gasteiger partial charge is 0.388 e. The lowest BCUT2D eigenvalue weighted by Crippen LogP contribution is -2.55. The molecule has 9 heteroatoms. The van der Waals surface area contributed by atoms with Gasteiger partial charge >= 0.3 is 0 Å². The third-order valence-corrected chi connectivity index (χ3v) is 5.05. The first-order valence-corrected chi connectivity index (χ1v) is 8.77. The van der Waals surface area contributed by atoms with Crippen LogP contribution in [0.2, 0.25) is 0 Å². The highest BCUT2D eigenvalue weighted by Crippen LogP contribution is 2.38. The monoisotopic (exact) mass is 369 g/mol. The summed E-state index contributed by atoms with van der Waals surface area (Å²) in [5.74, 6) is 0.298. The van der Waals surface area contributed by atoms with Crippen molar-refractivity contribution >= 4 is 17.0 Å². The molecule has 2 fully saturated rings. The van der Waals surface area contributed by atoms with E-state index >= 15 is 0 Å². The first-order valence-electron chi connectivity index (χ1n) is 8.77. The molecule has 5 atom stereocenters. The van der Waals surface area contributed by atoms with E-state index in [0.29, 0.717) is 23.6 Å². The van der Waals surface area contributed by atoms with Crippen molar-refractivity contribution in [3.63, 3.8) is 0 Å². The zero-order valence-electron chi connectivity index (χ0n) is 14.4. The van der Waals surface area contributed by atoms with Gasteiger partial charge < -0.3 is 29.6 Å². The first-order chi connectivity index (χ1) is 13.2. The van der Waals surface area contributed by atoms with E-state index in [9.17, 15) is 5.11 Å². The van der Waals surface area contributed by atoms with Crippen LogP contribution in [0, 0.1) is 0 Å². The highest BCUT2D eigenvalue weighted by atomic mass is 16.7. The van der Waals surface area contributed by atoms with Crippen molar-refractivity contribution in [3.05, 3.63) is 48.5 Å². The number of imidazole rings is 1. The van der Waals surface area contributed by atoms with Gasteiger partial charge in [0, 0.05) is 5.56 Å². The molecule has 140 valence electrons. The predicted octanol–water partition coefficient (Wildman–Crippen LogP) is 0.823. The summed E-state index contributed by atoms with van der Waals surface area (Å²) in [6.07, 6.45) is 0.961. The van der Waals surface area contributed by atoms with Crippen LogP contribution < -0.4 is 5.73 Å². The van der Waals surface area contributed by atoms with Crippen molar-refractivity contribution in [2.75, 3.05) is 18.9 Å². The number of benzene rings is 1. The van der Waals surface area contributed by atoms with Crippen LogP contribution in [0.3, 0.4) is 0 Å². The fourth-order valence-electron chi connectivity index (χ4n) is 3.75. The summed E-state index contributed by atoms with van der Waals surface area (Å²) in [6, 6.07) is 9.26. The molecule has 3 N–H and O–H groups in total. The lowest BCUT2D eigenvalue weighted by Gasteiger charge is -2.45. The van der Waals surface area contributed by atoms with E-state index in [1.165, 1.54) is 6.33 Å². The molecule has 0 amide bonds. The van der Waals surface area contributed by atoms with Crippen LogP contribution in [0.1, 0.15) is 17.9 Å². The number of aliphatic hydroxyl groups is 1. The summed E-state index contributed by atoms with van der Waals surface area (Å²) in [7, 11) is 0. The van der Waals surface area contributed by atoms with Crippen LogP contribution in [-0.4, -0.2) is 56.2 Å². The van der Waals surface area contributed by atoms with Gasteiger partial charge in [0.05, 0.1) is 25.6 Å². The molecule has 2 aliphatic heterocycles. The third kappa shape index (κ3) is 2.76. The van der Waals surface area contributed by atoms with E-state index in [-0.39, 0.29) is 12.7 Å². The van der Waals surface area contributed by atoms with Crippen LogP contribution in [0.15, 0.2) is 43.0 Å². The molecule has 0 spiro atoms. The number of anilines is 1. The molecule has 0 saturated carbocycles. The zero-order chi connectivity index (χ0) is 18.4. The van der Waals surface area contributed by atoms with Gasteiger partial charge in [-0.05, 0) is 0 Å². The van der Waals surface area contributed by atoms with Crippen molar-refractivity contribution < 1.29 is 19.3 Å². The van der Waals surface area contributed by atoms with Crippen LogP contribution in [0.5, 0.6) is 0 Å². The summed E-state index contributed by atoms with van der Waals surface area (Å²) in [6.45, 7) is 0.548. The molecule has 0 unspecified atom stereocenters. The number of nitrogen functional groups attached to an aromatic ring is 1. The molecule has 0 aliphatic carbocycles. The fourth-order valence-corrected chi connectivity index (χ4v) is 3.75. The second kappa shape index (κ2) is 6.54. The number of fused-ring (bicyclic) bond motifs is 2. The SMILES string of the molecule is Nc1ncnc2c1ncn2[C@@H]1[C@@H]2O[C@H](c3ccccc3)OC[C@H]2OC[C@H]1O. The molecular weight excluding hydrogens is 350 g/mol. The van der Waals surface area contributed by atoms with Crippen molar-refractivity contribution in [3.8, 4) is 0 Å². The number of hydrogen-bond donors (Lipinski definition) is 2. The molecule has 1 aromatic carbocycles. The number of nitrogens with two attached hydrogens (primary N) is 1. The van der Waals surface area contributed by atoms with Gasteiger partial charge in [0.1, 0.15) is 30.2 Å². The maximum absolute atomic E-state index is 10.7. The Morgan fingerprint density at radius 3 is 2.78 bits per heavy atom. The normalized spacial score (nSPS) is 30.9. The van der Waals surface area contributed by atoms with Gasteiger partial charge in [0.15, 0.2) is 17.8 Å². The van der Waals surface area contributed by atoms with E-state index in [4.69, 9.17) is 19.9 Å². The second-order valence-electron chi connectivity index (χ2n) is 6.69. The molecular formula is C18H19N5O4. The molecule has 9 nitrogen and oxygen atoms in total. The van der Waals surface area contributed by atoms with Crippen LogP contribution >= 0.6 is 0 Å². The quantitative estimate of drug-likeness (QED) is 0.682. The number of rotatable bonds is 2.